The van der Waals surface area contributed by atoms with E-state index in [-0.39, 0.29) is 0 Å². The molecule has 0 N–H and O–H groups in total. The van der Waals surface area contributed by atoms with Crippen molar-refractivity contribution in [2.45, 2.75) is 78.6 Å². The summed E-state index contributed by atoms with van der Waals surface area (Å²) in [5, 5.41) is 0. The maximum Gasteiger partial charge on any atom is 0.135 e. The molecule has 15 heavy (non-hydrogen) atoms. The van der Waals surface area contributed by atoms with Gasteiger partial charge in [-0.25, -0.2) is 0 Å². The van der Waals surface area contributed by atoms with E-state index in [1.807, 2.05) is 6.92 Å². The highest BCUT2D eigenvalue weighted by atomic mass is 16.1. The minimum atomic E-state index is 0.297. The first-order valence-corrected chi connectivity index (χ1v) is 6.75. The van der Waals surface area contributed by atoms with E-state index in [1.165, 1.54) is 44.9 Å². The van der Waals surface area contributed by atoms with Gasteiger partial charge in [-0.2, -0.15) is 0 Å². The fourth-order valence-electron chi connectivity index (χ4n) is 1.92. The minimum Gasteiger partial charge on any atom is -0.299 e. The third-order valence-corrected chi connectivity index (χ3v) is 3.14. The quantitative estimate of drug-likeness (QED) is 0.478. The van der Waals surface area contributed by atoms with Crippen molar-refractivity contribution in [3.63, 3.8) is 0 Å². The zero-order valence-corrected chi connectivity index (χ0v) is 10.8. The van der Waals surface area contributed by atoms with Crippen LogP contribution < -0.4 is 0 Å². The molecule has 1 heteroatoms. The fraction of sp³-hybridized carbons (Fsp3) is 0.929. The van der Waals surface area contributed by atoms with Crippen LogP contribution >= 0.6 is 0 Å². The third-order valence-electron chi connectivity index (χ3n) is 3.14. The molecule has 0 aromatic rings. The number of hydrogen-bond acceptors (Lipinski definition) is 1. The molecular formula is C14H28O. The summed E-state index contributed by atoms with van der Waals surface area (Å²) < 4.78 is 0. The average Bonchev–Trinajstić information content (AvgIpc) is 2.26. The number of hydrogen-bond donors (Lipinski definition) is 0. The van der Waals surface area contributed by atoms with E-state index in [1.54, 1.807) is 0 Å². The van der Waals surface area contributed by atoms with E-state index >= 15 is 0 Å². The maximum atomic E-state index is 11.3. The summed E-state index contributed by atoms with van der Waals surface area (Å²) in [6.45, 7) is 6.28. The summed E-state index contributed by atoms with van der Waals surface area (Å²) in [5.74, 6) is 0.728. The lowest BCUT2D eigenvalue weighted by Crippen LogP contribution is -2.08. The molecular weight excluding hydrogens is 184 g/mol. The van der Waals surface area contributed by atoms with Crippen LogP contribution in [-0.4, -0.2) is 5.78 Å². The van der Waals surface area contributed by atoms with Crippen molar-refractivity contribution in [3.05, 3.63) is 0 Å². The van der Waals surface area contributed by atoms with Crippen molar-refractivity contribution in [1.82, 2.24) is 0 Å². The van der Waals surface area contributed by atoms with Crippen molar-refractivity contribution < 1.29 is 4.79 Å². The number of carbonyl (C=O) groups is 1. The molecule has 1 unspecified atom stereocenters. The van der Waals surface area contributed by atoms with Gasteiger partial charge in [-0.05, 0) is 6.42 Å². The molecule has 0 aliphatic heterocycles. The molecule has 0 bridgehead atoms. The Hall–Kier alpha value is -0.330. The Morgan fingerprint density at radius 1 is 0.933 bits per heavy atom. The molecule has 1 atom stereocenters. The molecule has 0 aliphatic carbocycles. The highest BCUT2D eigenvalue weighted by Crippen LogP contribution is 2.14. The van der Waals surface area contributed by atoms with E-state index < -0.39 is 0 Å². The van der Waals surface area contributed by atoms with E-state index in [9.17, 15) is 4.79 Å². The average molecular weight is 212 g/mol. The second kappa shape index (κ2) is 10.2. The molecule has 0 aliphatic rings. The summed E-state index contributed by atoms with van der Waals surface area (Å²) in [5.41, 5.74) is 0. The van der Waals surface area contributed by atoms with Gasteiger partial charge in [-0.15, -0.1) is 0 Å². The molecule has 0 spiro atoms. The first-order valence-electron chi connectivity index (χ1n) is 6.75. The van der Waals surface area contributed by atoms with Gasteiger partial charge in [0.05, 0.1) is 0 Å². The molecule has 0 saturated carbocycles. The van der Waals surface area contributed by atoms with Crippen LogP contribution in [0.5, 0.6) is 0 Å². The Morgan fingerprint density at radius 2 is 1.47 bits per heavy atom. The van der Waals surface area contributed by atoms with Gasteiger partial charge < -0.3 is 0 Å². The Morgan fingerprint density at radius 3 is 2.00 bits per heavy atom. The Kier molecular flexibility index (Phi) is 9.97. The van der Waals surface area contributed by atoms with Gasteiger partial charge in [0.25, 0.3) is 0 Å². The number of rotatable bonds is 10. The number of unbranched alkanes of at least 4 members (excludes halogenated alkanes) is 6. The standard InChI is InChI=1S/C14H28O/c1-4-6-7-8-9-10-11-12-13(3)14(15)5-2/h13H,4-12H2,1-3H3. The zero-order valence-electron chi connectivity index (χ0n) is 10.8. The number of carbonyl (C=O) groups excluding carboxylic acids is 1. The normalized spacial score (nSPS) is 12.7. The number of ketones is 1. The summed E-state index contributed by atoms with van der Waals surface area (Å²) in [4.78, 5) is 11.3. The Balaban J connectivity index is 3.20. The maximum absolute atomic E-state index is 11.3. The fourth-order valence-corrected chi connectivity index (χ4v) is 1.92. The van der Waals surface area contributed by atoms with E-state index in [0.29, 0.717) is 18.1 Å². The first kappa shape index (κ1) is 14.7. The molecule has 0 aromatic carbocycles. The second-order valence-corrected chi connectivity index (χ2v) is 4.63. The molecule has 1 nitrogen and oxygen atoms in total. The van der Waals surface area contributed by atoms with Crippen LogP contribution in [0.3, 0.4) is 0 Å². The van der Waals surface area contributed by atoms with Crippen LogP contribution in [-0.2, 0) is 4.79 Å². The van der Waals surface area contributed by atoms with Gasteiger partial charge >= 0.3 is 0 Å². The molecule has 0 radical (unpaired) electrons. The summed E-state index contributed by atoms with van der Waals surface area (Å²) in [6.07, 6.45) is 11.2. The van der Waals surface area contributed by atoms with Crippen LogP contribution in [0.4, 0.5) is 0 Å². The smallest absolute Gasteiger partial charge is 0.135 e. The molecule has 0 amide bonds. The lowest BCUT2D eigenvalue weighted by atomic mass is 9.97. The summed E-state index contributed by atoms with van der Waals surface area (Å²) in [6, 6.07) is 0. The highest BCUT2D eigenvalue weighted by Gasteiger charge is 2.09. The SMILES string of the molecule is CCCCCCCCCC(C)C(=O)CC. The van der Waals surface area contributed by atoms with Gasteiger partial charge in [0.15, 0.2) is 0 Å². The topological polar surface area (TPSA) is 17.1 Å². The van der Waals surface area contributed by atoms with Gasteiger partial charge in [0.2, 0.25) is 0 Å². The molecule has 0 aromatic heterocycles. The van der Waals surface area contributed by atoms with Crippen molar-refractivity contribution in [2.75, 3.05) is 0 Å². The zero-order chi connectivity index (χ0) is 11.5. The summed E-state index contributed by atoms with van der Waals surface area (Å²) in [7, 11) is 0. The first-order chi connectivity index (χ1) is 7.22. The molecule has 0 fully saturated rings. The van der Waals surface area contributed by atoms with E-state index in [4.69, 9.17) is 0 Å². The van der Waals surface area contributed by atoms with Gasteiger partial charge in [-0.3, -0.25) is 4.79 Å². The lowest BCUT2D eigenvalue weighted by Gasteiger charge is -2.08. The molecule has 0 rings (SSSR count). The lowest BCUT2D eigenvalue weighted by molar-refractivity contribution is -0.122. The van der Waals surface area contributed by atoms with Crippen LogP contribution in [0.25, 0.3) is 0 Å². The van der Waals surface area contributed by atoms with Crippen molar-refractivity contribution in [3.8, 4) is 0 Å². The van der Waals surface area contributed by atoms with Crippen LogP contribution in [0.1, 0.15) is 78.6 Å². The van der Waals surface area contributed by atoms with Gasteiger partial charge in [0, 0.05) is 12.3 Å². The predicted octanol–water partition coefficient (Wildman–Crippen LogP) is 4.74. The van der Waals surface area contributed by atoms with Crippen molar-refractivity contribution in [2.24, 2.45) is 5.92 Å². The van der Waals surface area contributed by atoms with Crippen LogP contribution in [0.15, 0.2) is 0 Å². The number of Topliss-reactive ketones (excluding diaryl/α,β-unsaturated/α-hetero) is 1. The van der Waals surface area contributed by atoms with Crippen LogP contribution in [0, 0.1) is 5.92 Å². The Labute approximate surface area is 95.6 Å². The van der Waals surface area contributed by atoms with Gasteiger partial charge in [-0.1, -0.05) is 65.7 Å². The van der Waals surface area contributed by atoms with Crippen molar-refractivity contribution >= 4 is 5.78 Å². The minimum absolute atomic E-state index is 0.297. The Bertz CT molecular complexity index is 151. The summed E-state index contributed by atoms with van der Waals surface area (Å²) >= 11 is 0. The highest BCUT2D eigenvalue weighted by molar-refractivity contribution is 5.80. The third kappa shape index (κ3) is 8.65. The van der Waals surface area contributed by atoms with E-state index in [2.05, 4.69) is 13.8 Å². The second-order valence-electron chi connectivity index (χ2n) is 4.63. The van der Waals surface area contributed by atoms with Gasteiger partial charge in [0.1, 0.15) is 5.78 Å². The monoisotopic (exact) mass is 212 g/mol. The van der Waals surface area contributed by atoms with Crippen LogP contribution in [0.2, 0.25) is 0 Å². The predicted molar refractivity (Wildman–Crippen MR) is 67.1 cm³/mol. The molecule has 0 saturated heterocycles. The van der Waals surface area contributed by atoms with E-state index in [0.717, 1.165) is 6.42 Å². The van der Waals surface area contributed by atoms with Crippen molar-refractivity contribution in [1.29, 1.82) is 0 Å². The largest absolute Gasteiger partial charge is 0.299 e. The molecule has 0 heterocycles. The molecule has 90 valence electrons.